The van der Waals surface area contributed by atoms with Crippen LogP contribution >= 0.6 is 0 Å². The van der Waals surface area contributed by atoms with Crippen molar-refractivity contribution in [2.24, 2.45) is 4.99 Å². The highest BCUT2D eigenvalue weighted by Gasteiger charge is 2.20. The van der Waals surface area contributed by atoms with Crippen LogP contribution in [0, 0.1) is 0 Å². The van der Waals surface area contributed by atoms with Crippen LogP contribution in [0.15, 0.2) is 17.3 Å². The van der Waals surface area contributed by atoms with Crippen molar-refractivity contribution in [3.8, 4) is 0 Å². The van der Waals surface area contributed by atoms with Gasteiger partial charge < -0.3 is 4.74 Å². The molecule has 1 aromatic rings. The summed E-state index contributed by atoms with van der Waals surface area (Å²) >= 11 is 0. The highest BCUT2D eigenvalue weighted by molar-refractivity contribution is 5.88. The lowest BCUT2D eigenvalue weighted by Crippen LogP contribution is -2.27. The van der Waals surface area contributed by atoms with Crippen LogP contribution in [0.2, 0.25) is 0 Å². The summed E-state index contributed by atoms with van der Waals surface area (Å²) < 4.78 is 6.08. The molecule has 6 nitrogen and oxygen atoms in total. The molecule has 0 radical (unpaired) electrons. The number of aliphatic imine (C=N–C) groups is 1. The van der Waals surface area contributed by atoms with Crippen molar-refractivity contribution < 1.29 is 19.1 Å². The Morgan fingerprint density at radius 2 is 2.18 bits per heavy atom. The molecule has 0 atom stereocenters. The van der Waals surface area contributed by atoms with Crippen LogP contribution in [0.5, 0.6) is 0 Å². The van der Waals surface area contributed by atoms with E-state index in [2.05, 4.69) is 4.99 Å². The molecule has 6 heteroatoms. The van der Waals surface area contributed by atoms with Crippen molar-refractivity contribution in [1.29, 1.82) is 0 Å². The van der Waals surface area contributed by atoms with E-state index in [1.807, 2.05) is 0 Å². The molecule has 0 saturated heterocycles. The molecule has 1 heterocycles. The zero-order valence-electron chi connectivity index (χ0n) is 9.76. The van der Waals surface area contributed by atoms with Crippen LogP contribution in [0.3, 0.4) is 0 Å². The van der Waals surface area contributed by atoms with Gasteiger partial charge in [0.1, 0.15) is 17.0 Å². The second-order valence-corrected chi connectivity index (χ2v) is 4.26. The summed E-state index contributed by atoms with van der Waals surface area (Å²) in [6.07, 6.45) is 2.35. The highest BCUT2D eigenvalue weighted by Crippen LogP contribution is 2.19. The van der Waals surface area contributed by atoms with Crippen molar-refractivity contribution in [2.45, 2.75) is 26.4 Å². The number of hydrogen-bond acceptors (Lipinski definition) is 5. The second kappa shape index (κ2) is 4.76. The monoisotopic (exact) mass is 236 g/mol. The van der Waals surface area contributed by atoms with Gasteiger partial charge in [-0.05, 0) is 26.8 Å². The summed E-state index contributed by atoms with van der Waals surface area (Å²) in [6, 6.07) is 1.36. The van der Waals surface area contributed by atoms with Crippen molar-refractivity contribution in [3.05, 3.63) is 18.0 Å². The number of carbonyl (C=O) groups is 2. The van der Waals surface area contributed by atoms with Crippen LogP contribution in [0.1, 0.15) is 31.3 Å². The molecule has 0 amide bonds. The molecule has 17 heavy (non-hydrogen) atoms. The third-order valence-corrected chi connectivity index (χ3v) is 1.77. The standard InChI is InChI=1S/C11H12N2O4/c1-11(2,3)17-10(16)13-5-4-8(12-7-15)9(13)6-14/h4-6H,1-3H3. The number of aldehydes is 1. The molecule has 0 aliphatic carbocycles. The van der Waals surface area contributed by atoms with E-state index in [0.29, 0.717) is 6.29 Å². The van der Waals surface area contributed by atoms with Gasteiger partial charge in [0, 0.05) is 6.20 Å². The lowest BCUT2D eigenvalue weighted by atomic mass is 10.2. The number of nitrogens with zero attached hydrogens (tertiary/aromatic N) is 2. The summed E-state index contributed by atoms with van der Waals surface area (Å²) in [7, 11) is 0. The van der Waals surface area contributed by atoms with E-state index in [9.17, 15) is 14.4 Å². The number of hydrogen-bond donors (Lipinski definition) is 0. The lowest BCUT2D eigenvalue weighted by Gasteiger charge is -2.19. The molecular formula is C11H12N2O4. The van der Waals surface area contributed by atoms with E-state index < -0.39 is 11.7 Å². The minimum Gasteiger partial charge on any atom is -0.443 e. The quantitative estimate of drug-likeness (QED) is 0.447. The predicted octanol–water partition coefficient (Wildman–Crippen LogP) is 2.05. The summed E-state index contributed by atoms with van der Waals surface area (Å²) in [5.74, 6) is 0. The van der Waals surface area contributed by atoms with Crippen molar-refractivity contribution in [3.63, 3.8) is 0 Å². The first-order valence-corrected chi connectivity index (χ1v) is 4.87. The van der Waals surface area contributed by atoms with E-state index in [4.69, 9.17) is 4.74 Å². The zero-order valence-corrected chi connectivity index (χ0v) is 9.76. The fraction of sp³-hybridized carbons (Fsp3) is 0.364. The molecule has 0 fully saturated rings. The maximum Gasteiger partial charge on any atom is 0.419 e. The smallest absolute Gasteiger partial charge is 0.419 e. The number of isocyanates is 1. The topological polar surface area (TPSA) is 77.7 Å². The van der Waals surface area contributed by atoms with Crippen LogP contribution in [0.25, 0.3) is 0 Å². The van der Waals surface area contributed by atoms with Crippen LogP contribution < -0.4 is 0 Å². The Morgan fingerprint density at radius 1 is 1.53 bits per heavy atom. The average molecular weight is 236 g/mol. The maximum absolute atomic E-state index is 11.7. The maximum atomic E-state index is 11.7. The molecule has 0 bridgehead atoms. The van der Waals surface area contributed by atoms with Crippen molar-refractivity contribution in [1.82, 2.24) is 4.57 Å². The zero-order chi connectivity index (χ0) is 13.1. The van der Waals surface area contributed by atoms with Gasteiger partial charge in [-0.3, -0.25) is 4.79 Å². The summed E-state index contributed by atoms with van der Waals surface area (Å²) in [5, 5.41) is 0. The van der Waals surface area contributed by atoms with Gasteiger partial charge in [0.05, 0.1) is 0 Å². The molecule has 90 valence electrons. The molecule has 0 unspecified atom stereocenters. The number of rotatable bonds is 2. The Kier molecular flexibility index (Phi) is 3.60. The fourth-order valence-electron chi connectivity index (χ4n) is 1.17. The summed E-state index contributed by atoms with van der Waals surface area (Å²) in [6.45, 7) is 5.12. The third-order valence-electron chi connectivity index (χ3n) is 1.77. The number of carbonyl (C=O) groups excluding carboxylic acids is 3. The van der Waals surface area contributed by atoms with Crippen LogP contribution in [0.4, 0.5) is 10.5 Å². The fourth-order valence-corrected chi connectivity index (χ4v) is 1.17. The molecule has 0 aliphatic heterocycles. The van der Waals surface area contributed by atoms with Gasteiger partial charge in [-0.15, -0.1) is 0 Å². The molecule has 1 aromatic heterocycles. The largest absolute Gasteiger partial charge is 0.443 e. The van der Waals surface area contributed by atoms with E-state index in [-0.39, 0.29) is 11.4 Å². The minimum atomic E-state index is -0.702. The van der Waals surface area contributed by atoms with Gasteiger partial charge >= 0.3 is 6.09 Å². The molecule has 0 saturated carbocycles. The molecular weight excluding hydrogens is 224 g/mol. The Morgan fingerprint density at radius 3 is 2.65 bits per heavy atom. The predicted molar refractivity (Wildman–Crippen MR) is 59.2 cm³/mol. The molecule has 0 N–H and O–H groups in total. The Bertz CT molecular complexity index is 490. The van der Waals surface area contributed by atoms with Crippen LogP contribution in [-0.4, -0.2) is 28.6 Å². The van der Waals surface area contributed by atoms with Crippen LogP contribution in [-0.2, 0) is 9.53 Å². The minimum absolute atomic E-state index is 0.0393. The van der Waals surface area contributed by atoms with Gasteiger partial charge in [-0.1, -0.05) is 0 Å². The molecule has 0 aliphatic rings. The molecule has 0 aromatic carbocycles. The van der Waals surface area contributed by atoms with E-state index in [1.165, 1.54) is 18.3 Å². The Hall–Kier alpha value is -2.20. The Balaban J connectivity index is 3.11. The van der Waals surface area contributed by atoms with E-state index in [1.54, 1.807) is 20.8 Å². The van der Waals surface area contributed by atoms with Gasteiger partial charge in [0.25, 0.3) is 0 Å². The van der Waals surface area contributed by atoms with Crippen molar-refractivity contribution >= 4 is 24.1 Å². The van der Waals surface area contributed by atoms with Crippen molar-refractivity contribution in [2.75, 3.05) is 0 Å². The molecule has 0 spiro atoms. The van der Waals surface area contributed by atoms with Gasteiger partial charge in [0.2, 0.25) is 6.08 Å². The van der Waals surface area contributed by atoms with E-state index >= 15 is 0 Å². The first-order chi connectivity index (χ1) is 7.89. The average Bonchev–Trinajstić information content (AvgIpc) is 2.58. The second-order valence-electron chi connectivity index (χ2n) is 4.26. The van der Waals surface area contributed by atoms with Gasteiger partial charge in [0.15, 0.2) is 6.29 Å². The van der Waals surface area contributed by atoms with Gasteiger partial charge in [-0.25, -0.2) is 14.2 Å². The Labute approximate surface area is 97.9 Å². The number of aromatic nitrogens is 1. The summed E-state index contributed by atoms with van der Waals surface area (Å²) in [4.78, 5) is 36.0. The highest BCUT2D eigenvalue weighted by atomic mass is 16.6. The first kappa shape index (κ1) is 12.9. The van der Waals surface area contributed by atoms with E-state index in [0.717, 1.165) is 4.57 Å². The van der Waals surface area contributed by atoms with Gasteiger partial charge in [-0.2, -0.15) is 4.99 Å². The third kappa shape index (κ3) is 3.12. The molecule has 1 rings (SSSR count). The summed E-state index contributed by atoms with van der Waals surface area (Å²) in [5.41, 5.74) is -0.626. The first-order valence-electron chi connectivity index (χ1n) is 4.87. The lowest BCUT2D eigenvalue weighted by molar-refractivity contribution is 0.0531. The SMILES string of the molecule is CC(C)(C)OC(=O)n1ccc(N=C=O)c1C=O. The normalized spacial score (nSPS) is 10.5. The number of ether oxygens (including phenoxy) is 1.